The Morgan fingerprint density at radius 1 is 1.14 bits per heavy atom. The quantitative estimate of drug-likeness (QED) is 0.378. The third-order valence-corrected chi connectivity index (χ3v) is 6.87. The predicted octanol–water partition coefficient (Wildman–Crippen LogP) is 5.25. The third-order valence-electron chi connectivity index (χ3n) is 6.87. The van der Waals surface area contributed by atoms with E-state index in [4.69, 9.17) is 0 Å². The van der Waals surface area contributed by atoms with Gasteiger partial charge >= 0.3 is 0 Å². The van der Waals surface area contributed by atoms with Gasteiger partial charge in [-0.05, 0) is 81.6 Å². The van der Waals surface area contributed by atoms with Crippen molar-refractivity contribution in [3.8, 4) is 0 Å². The van der Waals surface area contributed by atoms with Crippen LogP contribution in [0.25, 0.3) is 6.08 Å². The highest BCUT2D eigenvalue weighted by Gasteiger charge is 2.37. The summed E-state index contributed by atoms with van der Waals surface area (Å²) in [5.74, 6) is 2.22. The molecule has 3 rings (SSSR count). The monoisotopic (exact) mass is 394 g/mol. The zero-order valence-corrected chi connectivity index (χ0v) is 18.5. The van der Waals surface area contributed by atoms with Gasteiger partial charge in [-0.25, -0.2) is 0 Å². The van der Waals surface area contributed by atoms with Gasteiger partial charge < -0.3 is 9.80 Å². The molecule has 0 heterocycles. The summed E-state index contributed by atoms with van der Waals surface area (Å²) in [5, 5.41) is 0. The van der Waals surface area contributed by atoms with E-state index in [0.717, 1.165) is 50.5 Å². The summed E-state index contributed by atoms with van der Waals surface area (Å²) in [6.45, 7) is 10.9. The lowest BCUT2D eigenvalue weighted by Gasteiger charge is -2.33. The van der Waals surface area contributed by atoms with Gasteiger partial charge in [0.15, 0.2) is 0 Å². The van der Waals surface area contributed by atoms with Crippen LogP contribution >= 0.6 is 0 Å². The molecule has 2 bridgehead atoms. The average Bonchev–Trinajstić information content (AvgIpc) is 3.37. The summed E-state index contributed by atoms with van der Waals surface area (Å²) in [6, 6.07) is 10.4. The molecule has 1 saturated carbocycles. The minimum Gasteiger partial charge on any atom is -0.336 e. The molecule has 158 valence electrons. The molecule has 0 spiro atoms. The van der Waals surface area contributed by atoms with Crippen LogP contribution in [-0.2, 0) is 4.79 Å². The van der Waals surface area contributed by atoms with E-state index >= 15 is 0 Å². The lowest BCUT2D eigenvalue weighted by Crippen LogP contribution is -2.42. The number of hydrogen-bond donors (Lipinski definition) is 0. The molecule has 0 saturated heterocycles. The minimum atomic E-state index is 0.163. The first-order valence-corrected chi connectivity index (χ1v) is 11.5. The maximum absolute atomic E-state index is 13.2. The van der Waals surface area contributed by atoms with E-state index in [1.165, 1.54) is 12.8 Å². The van der Waals surface area contributed by atoms with Crippen LogP contribution in [0, 0.1) is 17.8 Å². The van der Waals surface area contributed by atoms with E-state index in [0.29, 0.717) is 11.8 Å². The average molecular weight is 395 g/mol. The van der Waals surface area contributed by atoms with Crippen LogP contribution in [0.1, 0.15) is 52.0 Å². The Kier molecular flexibility index (Phi) is 8.11. The van der Waals surface area contributed by atoms with Crippen molar-refractivity contribution in [1.29, 1.82) is 0 Å². The molecule has 3 nitrogen and oxygen atoms in total. The van der Waals surface area contributed by atoms with Gasteiger partial charge in [-0.3, -0.25) is 4.79 Å². The molecular weight excluding hydrogens is 356 g/mol. The Balaban J connectivity index is 1.63. The van der Waals surface area contributed by atoms with Crippen LogP contribution in [0.2, 0.25) is 0 Å². The first kappa shape index (κ1) is 21.8. The van der Waals surface area contributed by atoms with Gasteiger partial charge in [0.1, 0.15) is 0 Å². The maximum Gasteiger partial charge on any atom is 0.246 e. The number of benzene rings is 1. The fourth-order valence-electron chi connectivity index (χ4n) is 4.98. The lowest BCUT2D eigenvalue weighted by atomic mass is 9.92. The van der Waals surface area contributed by atoms with E-state index in [9.17, 15) is 4.79 Å². The number of carbonyl (C=O) groups excluding carboxylic acids is 1. The van der Waals surface area contributed by atoms with E-state index in [-0.39, 0.29) is 11.9 Å². The second-order valence-corrected chi connectivity index (χ2v) is 8.79. The van der Waals surface area contributed by atoms with Crippen molar-refractivity contribution in [2.75, 3.05) is 26.2 Å². The number of amides is 1. The Hall–Kier alpha value is -1.87. The summed E-state index contributed by atoms with van der Waals surface area (Å²) in [6.07, 6.45) is 13.3. The van der Waals surface area contributed by atoms with Gasteiger partial charge in [0, 0.05) is 18.7 Å². The second kappa shape index (κ2) is 10.8. The normalized spacial score (nSPS) is 23.9. The molecule has 0 N–H and O–H groups in total. The van der Waals surface area contributed by atoms with Gasteiger partial charge in [0.2, 0.25) is 5.91 Å². The smallest absolute Gasteiger partial charge is 0.246 e. The number of carbonyl (C=O) groups is 1. The number of nitrogens with zero attached hydrogens (tertiary/aromatic N) is 2. The molecule has 1 amide bonds. The summed E-state index contributed by atoms with van der Waals surface area (Å²) >= 11 is 0. The summed E-state index contributed by atoms with van der Waals surface area (Å²) in [4.78, 5) is 17.8. The molecule has 29 heavy (non-hydrogen) atoms. The molecule has 1 aromatic rings. The van der Waals surface area contributed by atoms with Gasteiger partial charge in [0.05, 0.1) is 0 Å². The van der Waals surface area contributed by atoms with Crippen LogP contribution in [0.15, 0.2) is 48.6 Å². The third kappa shape index (κ3) is 6.05. The molecule has 2 aliphatic rings. The predicted molar refractivity (Wildman–Crippen MR) is 123 cm³/mol. The first-order valence-electron chi connectivity index (χ1n) is 11.5. The van der Waals surface area contributed by atoms with Crippen molar-refractivity contribution >= 4 is 12.0 Å². The highest BCUT2D eigenvalue weighted by molar-refractivity contribution is 5.92. The van der Waals surface area contributed by atoms with Crippen LogP contribution < -0.4 is 0 Å². The molecule has 0 aliphatic heterocycles. The maximum atomic E-state index is 13.2. The van der Waals surface area contributed by atoms with Crippen molar-refractivity contribution in [2.45, 2.75) is 52.5 Å². The molecule has 2 aliphatic carbocycles. The molecule has 4 atom stereocenters. The number of hydrogen-bond acceptors (Lipinski definition) is 2. The summed E-state index contributed by atoms with van der Waals surface area (Å²) in [7, 11) is 0. The van der Waals surface area contributed by atoms with Gasteiger partial charge in [-0.1, -0.05) is 56.3 Å². The van der Waals surface area contributed by atoms with Crippen molar-refractivity contribution in [2.24, 2.45) is 17.8 Å². The van der Waals surface area contributed by atoms with Gasteiger partial charge in [-0.15, -0.1) is 0 Å². The molecule has 1 fully saturated rings. The molecule has 1 aromatic carbocycles. The zero-order valence-electron chi connectivity index (χ0n) is 18.5. The Morgan fingerprint density at radius 3 is 2.52 bits per heavy atom. The molecule has 0 radical (unpaired) electrons. The van der Waals surface area contributed by atoms with Crippen LogP contribution in [0.4, 0.5) is 0 Å². The van der Waals surface area contributed by atoms with Crippen molar-refractivity contribution in [3.05, 3.63) is 54.1 Å². The summed E-state index contributed by atoms with van der Waals surface area (Å²) < 4.78 is 0. The van der Waals surface area contributed by atoms with E-state index in [1.807, 2.05) is 36.4 Å². The second-order valence-electron chi connectivity index (χ2n) is 8.79. The van der Waals surface area contributed by atoms with Crippen LogP contribution in [-0.4, -0.2) is 47.9 Å². The fourth-order valence-corrected chi connectivity index (χ4v) is 4.98. The Labute approximate surface area is 177 Å². The molecule has 0 aromatic heterocycles. The molecular formula is C26H38N2O. The zero-order chi connectivity index (χ0) is 20.6. The molecule has 3 heteroatoms. The van der Waals surface area contributed by atoms with Gasteiger partial charge in [0.25, 0.3) is 0 Å². The largest absolute Gasteiger partial charge is 0.336 e. The SMILES string of the molecule is CCN(CC)CCCC(C)N(CC1CC2C=CC1C2)C(=O)/C=C/c1ccccc1. The highest BCUT2D eigenvalue weighted by atomic mass is 16.2. The lowest BCUT2D eigenvalue weighted by molar-refractivity contribution is -0.128. The van der Waals surface area contributed by atoms with Crippen molar-refractivity contribution in [3.63, 3.8) is 0 Å². The van der Waals surface area contributed by atoms with Gasteiger partial charge in [-0.2, -0.15) is 0 Å². The topological polar surface area (TPSA) is 23.6 Å². The van der Waals surface area contributed by atoms with E-state index in [1.54, 1.807) is 6.08 Å². The van der Waals surface area contributed by atoms with Crippen LogP contribution in [0.3, 0.4) is 0 Å². The fraction of sp³-hybridized carbons (Fsp3) is 0.577. The first-order chi connectivity index (χ1) is 14.1. The van der Waals surface area contributed by atoms with E-state index in [2.05, 4.69) is 42.7 Å². The summed E-state index contributed by atoms with van der Waals surface area (Å²) in [5.41, 5.74) is 1.08. The standard InChI is InChI=1S/C26H38N2O/c1-4-27(5-2)17-9-10-21(3)28(20-25-19-23-13-15-24(25)18-23)26(29)16-14-22-11-7-6-8-12-22/h6-8,11-16,21,23-25H,4-5,9-10,17-20H2,1-3H3/b16-14+. The van der Waals surface area contributed by atoms with Crippen molar-refractivity contribution < 1.29 is 4.79 Å². The Bertz CT molecular complexity index is 692. The van der Waals surface area contributed by atoms with Crippen LogP contribution in [0.5, 0.6) is 0 Å². The number of allylic oxidation sites excluding steroid dienone is 2. The minimum absolute atomic E-state index is 0.163. The van der Waals surface area contributed by atoms with Crippen molar-refractivity contribution in [1.82, 2.24) is 9.80 Å². The number of fused-ring (bicyclic) bond motifs is 2. The van der Waals surface area contributed by atoms with E-state index < -0.39 is 0 Å². The number of rotatable bonds is 11. The molecule has 4 unspecified atom stereocenters. The Morgan fingerprint density at radius 2 is 1.90 bits per heavy atom. The highest BCUT2D eigenvalue weighted by Crippen LogP contribution is 2.43.